The minimum Gasteiger partial charge on any atom is -0.508 e. The largest absolute Gasteiger partial charge is 0.508 e. The number of aromatic hydroxyl groups is 2. The number of hydrogen-bond acceptors (Lipinski definition) is 6. The van der Waals surface area contributed by atoms with E-state index in [0.717, 1.165) is 44.9 Å². The number of nitrogens with one attached hydrogen (secondary N) is 2. The summed E-state index contributed by atoms with van der Waals surface area (Å²) in [4.78, 5) is 42.7. The van der Waals surface area contributed by atoms with Crippen LogP contribution in [-0.4, -0.2) is 57.8 Å². The third-order valence-electron chi connectivity index (χ3n) is 7.02. The van der Waals surface area contributed by atoms with Crippen LogP contribution in [-0.2, 0) is 20.7 Å². The molecule has 238 valence electrons. The molecule has 2 atom stereocenters. The highest BCUT2D eigenvalue weighted by Gasteiger charge is 2.37. The fraction of sp³-hybridized carbons (Fsp3) is 0.559. The van der Waals surface area contributed by atoms with Crippen LogP contribution in [0.1, 0.15) is 103 Å². The normalized spacial score (nSPS) is 12.7. The van der Waals surface area contributed by atoms with Crippen molar-refractivity contribution in [2.24, 2.45) is 0 Å². The first-order valence-corrected chi connectivity index (χ1v) is 15.6. The summed E-state index contributed by atoms with van der Waals surface area (Å²) < 4.78 is 5.49. The van der Waals surface area contributed by atoms with Gasteiger partial charge in [-0.2, -0.15) is 0 Å². The minimum atomic E-state index is -1.11. The van der Waals surface area contributed by atoms with Crippen molar-refractivity contribution >= 4 is 17.9 Å². The van der Waals surface area contributed by atoms with E-state index in [1.165, 1.54) is 23.1 Å². The first kappa shape index (κ1) is 35.4. The molecule has 0 radical (unpaired) electrons. The number of phenolic OH excluding ortho intramolecular Hbond substituents is 2. The molecule has 9 nitrogen and oxygen atoms in total. The molecule has 0 spiro atoms. The topological polar surface area (TPSA) is 128 Å². The van der Waals surface area contributed by atoms with E-state index in [1.807, 2.05) is 0 Å². The van der Waals surface area contributed by atoms with Gasteiger partial charge in [0, 0.05) is 25.1 Å². The van der Waals surface area contributed by atoms with Gasteiger partial charge in [0.25, 0.3) is 0 Å². The number of alkyl carbamates (subject to hydrolysis) is 1. The Morgan fingerprint density at radius 3 is 2.12 bits per heavy atom. The molecule has 0 heterocycles. The molecule has 0 aromatic heterocycles. The Kier molecular flexibility index (Phi) is 14.9. The van der Waals surface area contributed by atoms with Gasteiger partial charge in [0.05, 0.1) is 0 Å². The molecule has 2 aromatic carbocycles. The molecular weight excluding hydrogens is 546 g/mol. The zero-order valence-corrected chi connectivity index (χ0v) is 26.5. The van der Waals surface area contributed by atoms with Gasteiger partial charge in [-0.25, -0.2) is 4.79 Å². The number of amides is 3. The number of rotatable bonds is 17. The van der Waals surface area contributed by atoms with E-state index >= 15 is 0 Å². The highest BCUT2D eigenvalue weighted by Crippen LogP contribution is 2.30. The van der Waals surface area contributed by atoms with Gasteiger partial charge in [0.2, 0.25) is 11.8 Å². The summed E-state index contributed by atoms with van der Waals surface area (Å²) in [5.41, 5.74) is 0.239. The van der Waals surface area contributed by atoms with Crippen LogP contribution in [0.25, 0.3) is 0 Å². The zero-order valence-electron chi connectivity index (χ0n) is 26.5. The predicted molar refractivity (Wildman–Crippen MR) is 169 cm³/mol. The van der Waals surface area contributed by atoms with Crippen LogP contribution >= 0.6 is 0 Å². The molecule has 9 heteroatoms. The summed E-state index contributed by atoms with van der Waals surface area (Å²) >= 11 is 0. The van der Waals surface area contributed by atoms with Crippen molar-refractivity contribution in [3.63, 3.8) is 0 Å². The van der Waals surface area contributed by atoms with E-state index in [0.29, 0.717) is 24.1 Å². The summed E-state index contributed by atoms with van der Waals surface area (Å²) in [5.74, 6) is -0.860. The summed E-state index contributed by atoms with van der Waals surface area (Å²) in [7, 11) is 0. The standard InChI is InChI=1S/C34H51N3O6/c1-6-8-10-11-15-23-37(30(27-16-12-13-17-29(27)39)31(40)35-22-14-9-7-2)32(41)28(36-33(42)43-34(3,4)5)24-25-18-20-26(38)21-19-25/h12-13,16-21,28,30,38-39H,6-11,14-15,22-24H2,1-5H3,(H,35,40)(H,36,42). The van der Waals surface area contributed by atoms with Crippen molar-refractivity contribution < 1.29 is 29.3 Å². The maximum atomic E-state index is 14.5. The lowest BCUT2D eigenvalue weighted by Gasteiger charge is -2.35. The quantitative estimate of drug-likeness (QED) is 0.157. The van der Waals surface area contributed by atoms with E-state index in [9.17, 15) is 24.6 Å². The number of para-hydroxylation sites is 1. The van der Waals surface area contributed by atoms with Crippen molar-refractivity contribution in [3.05, 3.63) is 59.7 Å². The molecule has 0 aliphatic rings. The van der Waals surface area contributed by atoms with Crippen LogP contribution in [0.5, 0.6) is 11.5 Å². The Labute approximate surface area is 257 Å². The Bertz CT molecular complexity index is 1150. The molecule has 2 aromatic rings. The second kappa shape index (κ2) is 18.0. The van der Waals surface area contributed by atoms with Crippen molar-refractivity contribution in [2.45, 2.75) is 110 Å². The van der Waals surface area contributed by atoms with Gasteiger partial charge < -0.3 is 30.5 Å². The monoisotopic (exact) mass is 597 g/mol. The molecule has 0 saturated heterocycles. The molecule has 0 bridgehead atoms. The molecular formula is C34H51N3O6. The SMILES string of the molecule is CCCCCCCN(C(=O)C(Cc1ccc(O)cc1)NC(=O)OC(C)(C)C)C(C(=O)NCCCCC)c1ccccc1O. The van der Waals surface area contributed by atoms with Crippen LogP contribution < -0.4 is 10.6 Å². The van der Waals surface area contributed by atoms with Crippen LogP contribution in [0.15, 0.2) is 48.5 Å². The van der Waals surface area contributed by atoms with Gasteiger partial charge in [-0.15, -0.1) is 0 Å². The average molecular weight is 598 g/mol. The second-order valence-corrected chi connectivity index (χ2v) is 12.0. The molecule has 43 heavy (non-hydrogen) atoms. The predicted octanol–water partition coefficient (Wildman–Crippen LogP) is 6.38. The van der Waals surface area contributed by atoms with E-state index in [4.69, 9.17) is 4.74 Å². The maximum absolute atomic E-state index is 14.5. The summed E-state index contributed by atoms with van der Waals surface area (Å²) in [6, 6.07) is 10.8. The van der Waals surface area contributed by atoms with Crippen LogP contribution in [0, 0.1) is 0 Å². The summed E-state index contributed by atoms with van der Waals surface area (Å²) in [6.07, 6.45) is 6.75. The first-order chi connectivity index (χ1) is 20.5. The molecule has 3 amide bonds. The van der Waals surface area contributed by atoms with Crippen LogP contribution in [0.2, 0.25) is 0 Å². The lowest BCUT2D eigenvalue weighted by Crippen LogP contribution is -2.54. The van der Waals surface area contributed by atoms with Crippen LogP contribution in [0.4, 0.5) is 4.79 Å². The smallest absolute Gasteiger partial charge is 0.408 e. The van der Waals surface area contributed by atoms with Gasteiger partial charge >= 0.3 is 6.09 Å². The number of hydrogen-bond donors (Lipinski definition) is 4. The summed E-state index contributed by atoms with van der Waals surface area (Å²) in [5, 5.41) is 26.3. The first-order valence-electron chi connectivity index (χ1n) is 15.6. The average Bonchev–Trinajstić information content (AvgIpc) is 2.94. The maximum Gasteiger partial charge on any atom is 0.408 e. The van der Waals surface area contributed by atoms with E-state index in [1.54, 1.807) is 51.1 Å². The molecule has 0 saturated carbocycles. The third kappa shape index (κ3) is 12.6. The number of nitrogens with zero attached hydrogens (tertiary/aromatic N) is 1. The van der Waals surface area contributed by atoms with Gasteiger partial charge in [-0.3, -0.25) is 9.59 Å². The third-order valence-corrected chi connectivity index (χ3v) is 7.02. The lowest BCUT2D eigenvalue weighted by molar-refractivity contribution is -0.142. The number of unbranched alkanes of at least 4 members (excludes halogenated alkanes) is 6. The number of phenols is 2. The van der Waals surface area contributed by atoms with E-state index < -0.39 is 29.7 Å². The number of carbonyl (C=O) groups excluding carboxylic acids is 3. The van der Waals surface area contributed by atoms with Crippen molar-refractivity contribution in [2.75, 3.05) is 13.1 Å². The van der Waals surface area contributed by atoms with Crippen molar-refractivity contribution in [1.82, 2.24) is 15.5 Å². The van der Waals surface area contributed by atoms with Crippen molar-refractivity contribution in [3.8, 4) is 11.5 Å². The summed E-state index contributed by atoms with van der Waals surface area (Å²) in [6.45, 7) is 10.1. The minimum absolute atomic E-state index is 0.0831. The van der Waals surface area contributed by atoms with Gasteiger partial charge in [-0.05, 0) is 57.4 Å². The lowest BCUT2D eigenvalue weighted by atomic mass is 9.99. The number of benzene rings is 2. The van der Waals surface area contributed by atoms with Crippen LogP contribution in [0.3, 0.4) is 0 Å². The van der Waals surface area contributed by atoms with Crippen molar-refractivity contribution in [1.29, 1.82) is 0 Å². The van der Waals surface area contributed by atoms with Gasteiger partial charge in [-0.1, -0.05) is 82.7 Å². The number of ether oxygens (including phenoxy) is 1. The van der Waals surface area contributed by atoms with Gasteiger partial charge in [0.15, 0.2) is 0 Å². The zero-order chi connectivity index (χ0) is 31.8. The molecule has 2 unspecified atom stereocenters. The van der Waals surface area contributed by atoms with E-state index in [-0.39, 0.29) is 30.4 Å². The molecule has 0 aliphatic heterocycles. The Morgan fingerprint density at radius 2 is 1.49 bits per heavy atom. The Morgan fingerprint density at radius 1 is 0.860 bits per heavy atom. The van der Waals surface area contributed by atoms with Gasteiger partial charge in [0.1, 0.15) is 29.2 Å². The molecule has 2 rings (SSSR count). The fourth-order valence-electron chi connectivity index (χ4n) is 4.82. The van der Waals surface area contributed by atoms with E-state index in [2.05, 4.69) is 24.5 Å². The number of carbonyl (C=O) groups is 3. The molecule has 0 fully saturated rings. The second-order valence-electron chi connectivity index (χ2n) is 12.0. The highest BCUT2D eigenvalue weighted by molar-refractivity contribution is 5.92. The molecule has 4 N–H and O–H groups in total. The fourth-order valence-corrected chi connectivity index (χ4v) is 4.82. The Hall–Kier alpha value is -3.75. The Balaban J connectivity index is 2.53. The highest BCUT2D eigenvalue weighted by atomic mass is 16.6. The molecule has 0 aliphatic carbocycles.